The third-order valence-corrected chi connectivity index (χ3v) is 4.85. The molecule has 1 unspecified atom stereocenters. The molecular formula is C24H23N3O2. The number of benzene rings is 3. The van der Waals surface area contributed by atoms with Gasteiger partial charge in [-0.15, -0.1) is 0 Å². The van der Waals surface area contributed by atoms with Crippen molar-refractivity contribution in [2.75, 3.05) is 7.11 Å². The second kappa shape index (κ2) is 8.61. The zero-order chi connectivity index (χ0) is 20.1. The number of H-pyrrole nitrogens is 1. The van der Waals surface area contributed by atoms with Gasteiger partial charge in [-0.1, -0.05) is 54.6 Å². The van der Waals surface area contributed by atoms with Crippen molar-refractivity contribution in [3.05, 3.63) is 95.8 Å². The van der Waals surface area contributed by atoms with Gasteiger partial charge >= 0.3 is 0 Å². The first-order valence-electron chi connectivity index (χ1n) is 9.62. The van der Waals surface area contributed by atoms with Crippen LogP contribution in [0.2, 0.25) is 0 Å². The first-order valence-corrected chi connectivity index (χ1v) is 9.62. The van der Waals surface area contributed by atoms with Crippen LogP contribution in [-0.4, -0.2) is 23.0 Å². The summed E-state index contributed by atoms with van der Waals surface area (Å²) in [5.74, 6) is 1.45. The maximum atomic E-state index is 12.8. The van der Waals surface area contributed by atoms with Crippen LogP contribution in [0.25, 0.3) is 11.0 Å². The number of ether oxygens (including phenoxy) is 1. The van der Waals surface area contributed by atoms with E-state index in [4.69, 9.17) is 9.72 Å². The predicted molar refractivity (Wildman–Crippen MR) is 114 cm³/mol. The zero-order valence-corrected chi connectivity index (χ0v) is 16.3. The Morgan fingerprint density at radius 2 is 1.76 bits per heavy atom. The third kappa shape index (κ3) is 4.63. The maximum Gasteiger partial charge on any atom is 0.225 e. The van der Waals surface area contributed by atoms with Crippen LogP contribution < -0.4 is 10.1 Å². The Bertz CT molecular complexity index is 1070. The molecule has 0 bridgehead atoms. The molecule has 4 rings (SSSR count). The molecule has 0 saturated carbocycles. The summed E-state index contributed by atoms with van der Waals surface area (Å²) in [5, 5.41) is 3.16. The molecule has 0 radical (unpaired) electrons. The number of nitrogens with one attached hydrogen (secondary N) is 2. The van der Waals surface area contributed by atoms with Crippen LogP contribution in [0, 0.1) is 0 Å². The number of aromatic amines is 1. The molecule has 1 amide bonds. The second-order valence-corrected chi connectivity index (χ2v) is 6.98. The number of carbonyl (C=O) groups excluding carboxylic acids is 1. The molecule has 5 nitrogen and oxygen atoms in total. The zero-order valence-electron chi connectivity index (χ0n) is 16.3. The van der Waals surface area contributed by atoms with Crippen LogP contribution in [0.4, 0.5) is 0 Å². The van der Waals surface area contributed by atoms with Gasteiger partial charge in [0.15, 0.2) is 0 Å². The molecular weight excluding hydrogens is 362 g/mol. The number of para-hydroxylation sites is 2. The minimum absolute atomic E-state index is 0.0559. The second-order valence-electron chi connectivity index (χ2n) is 6.98. The van der Waals surface area contributed by atoms with Gasteiger partial charge in [0.2, 0.25) is 5.91 Å². The number of hydrogen-bond acceptors (Lipinski definition) is 3. The molecule has 4 aromatic rings. The molecule has 0 aliphatic rings. The van der Waals surface area contributed by atoms with Gasteiger partial charge in [-0.05, 0) is 41.8 Å². The van der Waals surface area contributed by atoms with E-state index < -0.39 is 0 Å². The number of imidazole rings is 1. The third-order valence-electron chi connectivity index (χ3n) is 4.85. The normalized spacial score (nSPS) is 11.9. The van der Waals surface area contributed by atoms with Gasteiger partial charge in [-0.3, -0.25) is 4.79 Å². The first kappa shape index (κ1) is 18.7. The Morgan fingerprint density at radius 3 is 2.55 bits per heavy atom. The van der Waals surface area contributed by atoms with E-state index >= 15 is 0 Å². The number of rotatable bonds is 7. The van der Waals surface area contributed by atoms with E-state index in [2.05, 4.69) is 22.4 Å². The highest BCUT2D eigenvalue weighted by molar-refractivity contribution is 5.79. The molecule has 1 heterocycles. The van der Waals surface area contributed by atoms with E-state index in [1.54, 1.807) is 7.11 Å². The van der Waals surface area contributed by atoms with Gasteiger partial charge in [0.1, 0.15) is 11.6 Å². The predicted octanol–water partition coefficient (Wildman–Crippen LogP) is 4.21. The number of hydrogen-bond donors (Lipinski definition) is 2. The van der Waals surface area contributed by atoms with Gasteiger partial charge in [0.05, 0.1) is 30.6 Å². The fraction of sp³-hybridized carbons (Fsp3) is 0.167. The fourth-order valence-electron chi connectivity index (χ4n) is 3.42. The van der Waals surface area contributed by atoms with E-state index in [0.717, 1.165) is 33.7 Å². The number of fused-ring (bicyclic) bond motifs is 1. The Hall–Kier alpha value is -3.60. The van der Waals surface area contributed by atoms with Gasteiger partial charge in [0, 0.05) is 0 Å². The van der Waals surface area contributed by atoms with Gasteiger partial charge in [0.25, 0.3) is 0 Å². The molecule has 2 N–H and O–H groups in total. The van der Waals surface area contributed by atoms with Crippen molar-refractivity contribution in [2.45, 2.75) is 18.9 Å². The van der Waals surface area contributed by atoms with E-state index in [-0.39, 0.29) is 18.4 Å². The smallest absolute Gasteiger partial charge is 0.225 e. The van der Waals surface area contributed by atoms with Crippen LogP contribution in [0.3, 0.4) is 0 Å². The largest absolute Gasteiger partial charge is 0.497 e. The van der Waals surface area contributed by atoms with Crippen LogP contribution in [0.15, 0.2) is 78.9 Å². The first-order chi connectivity index (χ1) is 14.2. The molecule has 0 aliphatic heterocycles. The average molecular weight is 385 g/mol. The van der Waals surface area contributed by atoms with Crippen molar-refractivity contribution in [1.82, 2.24) is 15.3 Å². The van der Waals surface area contributed by atoms with Crippen molar-refractivity contribution >= 4 is 16.9 Å². The van der Waals surface area contributed by atoms with Crippen LogP contribution in [0.5, 0.6) is 5.75 Å². The molecule has 0 fully saturated rings. The summed E-state index contributed by atoms with van der Waals surface area (Å²) >= 11 is 0. The Balaban J connectivity index is 1.56. The van der Waals surface area contributed by atoms with Crippen molar-refractivity contribution < 1.29 is 9.53 Å². The summed E-state index contributed by atoms with van der Waals surface area (Å²) < 4.78 is 5.25. The minimum atomic E-state index is -0.247. The monoisotopic (exact) mass is 385 g/mol. The fourth-order valence-corrected chi connectivity index (χ4v) is 3.42. The van der Waals surface area contributed by atoms with Crippen LogP contribution in [-0.2, 0) is 17.6 Å². The molecule has 1 atom stereocenters. The average Bonchev–Trinajstić information content (AvgIpc) is 3.18. The van der Waals surface area contributed by atoms with E-state index in [1.165, 1.54) is 0 Å². The number of nitrogens with zero attached hydrogens (tertiary/aromatic N) is 1. The summed E-state index contributed by atoms with van der Waals surface area (Å²) in [7, 11) is 1.62. The molecule has 146 valence electrons. The van der Waals surface area contributed by atoms with Crippen molar-refractivity contribution in [3.8, 4) is 5.75 Å². The van der Waals surface area contributed by atoms with Crippen molar-refractivity contribution in [3.63, 3.8) is 0 Å². The molecule has 0 spiro atoms. The number of carbonyl (C=O) groups is 1. The standard InChI is InChI=1S/C24H23N3O2/c1-29-19-11-7-10-18(14-19)16-23(28)25-22(15-17-8-3-2-4-9-17)24-26-20-12-5-6-13-21(20)27-24/h2-14,22H,15-16H2,1H3,(H,25,28)(H,26,27). The van der Waals surface area contributed by atoms with Gasteiger partial charge < -0.3 is 15.0 Å². The maximum absolute atomic E-state index is 12.8. The molecule has 3 aromatic carbocycles. The Kier molecular flexibility index (Phi) is 5.56. The lowest BCUT2D eigenvalue weighted by atomic mass is 10.0. The number of amides is 1. The summed E-state index contributed by atoms with van der Waals surface area (Å²) in [5.41, 5.74) is 3.90. The van der Waals surface area contributed by atoms with Crippen LogP contribution >= 0.6 is 0 Å². The highest BCUT2D eigenvalue weighted by Gasteiger charge is 2.19. The summed E-state index contributed by atoms with van der Waals surface area (Å²) in [6.07, 6.45) is 0.938. The minimum Gasteiger partial charge on any atom is -0.497 e. The Morgan fingerprint density at radius 1 is 1.00 bits per heavy atom. The SMILES string of the molecule is COc1cccc(CC(=O)NC(Cc2ccccc2)c2nc3ccccc3[nH]2)c1. The van der Waals surface area contributed by atoms with Crippen LogP contribution in [0.1, 0.15) is 23.0 Å². The topological polar surface area (TPSA) is 67.0 Å². The van der Waals surface area contributed by atoms with Gasteiger partial charge in [-0.25, -0.2) is 4.98 Å². The summed E-state index contributed by atoms with van der Waals surface area (Å²) in [4.78, 5) is 20.9. The summed E-state index contributed by atoms with van der Waals surface area (Å²) in [6, 6.07) is 25.3. The molecule has 5 heteroatoms. The molecule has 1 aromatic heterocycles. The highest BCUT2D eigenvalue weighted by Crippen LogP contribution is 2.20. The van der Waals surface area contributed by atoms with Crippen molar-refractivity contribution in [2.24, 2.45) is 0 Å². The highest BCUT2D eigenvalue weighted by atomic mass is 16.5. The Labute approximate surface area is 169 Å². The lowest BCUT2D eigenvalue weighted by molar-refractivity contribution is -0.121. The van der Waals surface area contributed by atoms with E-state index in [9.17, 15) is 4.79 Å². The van der Waals surface area contributed by atoms with Gasteiger partial charge in [-0.2, -0.15) is 0 Å². The molecule has 0 saturated heterocycles. The number of aromatic nitrogens is 2. The quantitative estimate of drug-likeness (QED) is 0.501. The lowest BCUT2D eigenvalue weighted by Crippen LogP contribution is -2.32. The molecule has 0 aliphatic carbocycles. The van der Waals surface area contributed by atoms with Crippen molar-refractivity contribution in [1.29, 1.82) is 0 Å². The summed E-state index contributed by atoms with van der Waals surface area (Å²) in [6.45, 7) is 0. The lowest BCUT2D eigenvalue weighted by Gasteiger charge is -2.17. The van der Waals surface area contributed by atoms with E-state index in [0.29, 0.717) is 6.42 Å². The number of methoxy groups -OCH3 is 1. The van der Waals surface area contributed by atoms with E-state index in [1.807, 2.05) is 66.7 Å². The molecule has 29 heavy (non-hydrogen) atoms.